The first kappa shape index (κ1) is 13.5. The van der Waals surface area contributed by atoms with E-state index in [0.29, 0.717) is 0 Å². The van der Waals surface area contributed by atoms with Crippen molar-refractivity contribution in [2.75, 3.05) is 5.75 Å². The molecule has 3 heteroatoms. The van der Waals surface area contributed by atoms with E-state index in [1.165, 1.54) is 24.0 Å². The van der Waals surface area contributed by atoms with Crippen molar-refractivity contribution in [3.8, 4) is 0 Å². The van der Waals surface area contributed by atoms with E-state index in [1.54, 1.807) is 0 Å². The van der Waals surface area contributed by atoms with Crippen molar-refractivity contribution in [3.05, 3.63) is 35.4 Å². The molecular formula is C15H22N2S. The van der Waals surface area contributed by atoms with Gasteiger partial charge in [-0.05, 0) is 25.3 Å². The van der Waals surface area contributed by atoms with Crippen LogP contribution in [-0.2, 0) is 6.54 Å². The van der Waals surface area contributed by atoms with Gasteiger partial charge in [0.2, 0.25) is 0 Å². The van der Waals surface area contributed by atoms with Crippen LogP contribution in [0.15, 0.2) is 29.3 Å². The molecule has 0 radical (unpaired) electrons. The van der Waals surface area contributed by atoms with Gasteiger partial charge in [0.25, 0.3) is 0 Å². The zero-order valence-corrected chi connectivity index (χ0v) is 12.3. The van der Waals surface area contributed by atoms with Crippen LogP contribution in [0.3, 0.4) is 0 Å². The SMILES string of the molecule is CCC1(CC)CSC(=NCc2ccc(C)cc2)N1. The van der Waals surface area contributed by atoms with Crippen molar-refractivity contribution in [2.45, 2.75) is 45.7 Å². The van der Waals surface area contributed by atoms with Crippen molar-refractivity contribution >= 4 is 16.9 Å². The van der Waals surface area contributed by atoms with Crippen LogP contribution in [0.5, 0.6) is 0 Å². The second-order valence-corrected chi connectivity index (χ2v) is 5.97. The lowest BCUT2D eigenvalue weighted by molar-refractivity contribution is 0.407. The molecule has 18 heavy (non-hydrogen) atoms. The summed E-state index contributed by atoms with van der Waals surface area (Å²) < 4.78 is 0. The fourth-order valence-corrected chi connectivity index (χ4v) is 3.42. The van der Waals surface area contributed by atoms with E-state index in [2.05, 4.69) is 55.3 Å². The van der Waals surface area contributed by atoms with Crippen molar-refractivity contribution in [1.82, 2.24) is 5.32 Å². The summed E-state index contributed by atoms with van der Waals surface area (Å²) in [6.07, 6.45) is 2.33. The lowest BCUT2D eigenvalue weighted by Gasteiger charge is -2.25. The van der Waals surface area contributed by atoms with Crippen molar-refractivity contribution in [1.29, 1.82) is 0 Å². The van der Waals surface area contributed by atoms with Crippen LogP contribution in [0.4, 0.5) is 0 Å². The predicted molar refractivity (Wildman–Crippen MR) is 81.2 cm³/mol. The molecule has 98 valence electrons. The Labute approximate surface area is 114 Å². The number of aliphatic imine (C=N–C) groups is 1. The summed E-state index contributed by atoms with van der Waals surface area (Å²) in [4.78, 5) is 4.68. The summed E-state index contributed by atoms with van der Waals surface area (Å²) in [5.41, 5.74) is 2.85. The van der Waals surface area contributed by atoms with E-state index in [-0.39, 0.29) is 5.54 Å². The minimum Gasteiger partial charge on any atom is -0.359 e. The Balaban J connectivity index is 1.97. The fourth-order valence-electron chi connectivity index (χ4n) is 2.08. The number of rotatable bonds is 4. The Morgan fingerprint density at radius 1 is 1.22 bits per heavy atom. The average molecular weight is 262 g/mol. The number of amidine groups is 1. The van der Waals surface area contributed by atoms with Crippen molar-refractivity contribution in [3.63, 3.8) is 0 Å². The highest BCUT2D eigenvalue weighted by Gasteiger charge is 2.33. The molecule has 1 N–H and O–H groups in total. The van der Waals surface area contributed by atoms with E-state index < -0.39 is 0 Å². The third-order valence-corrected chi connectivity index (χ3v) is 4.94. The Hall–Kier alpha value is -0.960. The average Bonchev–Trinajstić information content (AvgIpc) is 2.82. The number of hydrogen-bond acceptors (Lipinski definition) is 2. The molecule has 1 saturated heterocycles. The van der Waals surface area contributed by atoms with Crippen LogP contribution >= 0.6 is 11.8 Å². The van der Waals surface area contributed by atoms with Crippen molar-refractivity contribution in [2.24, 2.45) is 4.99 Å². The van der Waals surface area contributed by atoms with Gasteiger partial charge in [-0.1, -0.05) is 55.4 Å². The number of nitrogens with zero attached hydrogens (tertiary/aromatic N) is 1. The van der Waals surface area contributed by atoms with Gasteiger partial charge in [-0.2, -0.15) is 0 Å². The highest BCUT2D eigenvalue weighted by molar-refractivity contribution is 8.14. The Morgan fingerprint density at radius 3 is 2.44 bits per heavy atom. The topological polar surface area (TPSA) is 24.4 Å². The molecule has 0 amide bonds. The summed E-state index contributed by atoms with van der Waals surface area (Å²) >= 11 is 1.86. The van der Waals surface area contributed by atoms with E-state index in [9.17, 15) is 0 Å². The molecule has 0 aromatic heterocycles. The molecule has 1 fully saturated rings. The van der Waals surface area contributed by atoms with Gasteiger partial charge < -0.3 is 5.32 Å². The van der Waals surface area contributed by atoms with Gasteiger partial charge in [-0.3, -0.25) is 4.99 Å². The second-order valence-electron chi connectivity index (χ2n) is 5.01. The minimum atomic E-state index is 0.275. The van der Waals surface area contributed by atoms with Crippen LogP contribution in [0.1, 0.15) is 37.8 Å². The first-order valence-corrected chi connectivity index (χ1v) is 7.67. The zero-order valence-electron chi connectivity index (χ0n) is 11.5. The zero-order chi connectivity index (χ0) is 13.0. The highest BCUT2D eigenvalue weighted by Crippen LogP contribution is 2.29. The molecule has 1 aliphatic heterocycles. The van der Waals surface area contributed by atoms with E-state index >= 15 is 0 Å². The summed E-state index contributed by atoms with van der Waals surface area (Å²) in [5, 5.41) is 4.71. The van der Waals surface area contributed by atoms with Gasteiger partial charge in [0, 0.05) is 11.3 Å². The standard InChI is InChI=1S/C15H22N2S/c1-4-15(5-2)11-18-14(17-15)16-10-13-8-6-12(3)7-9-13/h6-9H,4-5,10-11H2,1-3H3,(H,16,17). The predicted octanol–water partition coefficient (Wildman–Crippen LogP) is 3.75. The minimum absolute atomic E-state index is 0.275. The molecule has 1 heterocycles. The summed E-state index contributed by atoms with van der Waals surface area (Å²) in [6.45, 7) is 7.39. The molecule has 0 spiro atoms. The monoisotopic (exact) mass is 262 g/mol. The number of benzene rings is 1. The van der Waals surface area contributed by atoms with Crippen LogP contribution in [-0.4, -0.2) is 16.5 Å². The third kappa shape index (κ3) is 3.08. The molecule has 0 aliphatic carbocycles. The summed E-state index contributed by atoms with van der Waals surface area (Å²) in [7, 11) is 0. The second kappa shape index (κ2) is 5.79. The molecular weight excluding hydrogens is 240 g/mol. The Kier molecular flexibility index (Phi) is 4.33. The highest BCUT2D eigenvalue weighted by atomic mass is 32.2. The van der Waals surface area contributed by atoms with Gasteiger partial charge in [0.05, 0.1) is 6.54 Å². The largest absolute Gasteiger partial charge is 0.359 e. The number of hydrogen-bond donors (Lipinski definition) is 1. The third-order valence-electron chi connectivity index (χ3n) is 3.74. The summed E-state index contributed by atoms with van der Waals surface area (Å²) in [5.74, 6) is 1.15. The van der Waals surface area contributed by atoms with Crippen LogP contribution < -0.4 is 5.32 Å². The van der Waals surface area contributed by atoms with E-state index in [0.717, 1.165) is 17.5 Å². The number of thioether (sulfide) groups is 1. The maximum atomic E-state index is 4.68. The molecule has 2 rings (SSSR count). The Bertz CT molecular complexity index is 419. The number of nitrogens with one attached hydrogen (secondary N) is 1. The first-order valence-electron chi connectivity index (χ1n) is 6.68. The smallest absolute Gasteiger partial charge is 0.157 e. The molecule has 0 atom stereocenters. The fraction of sp³-hybridized carbons (Fsp3) is 0.533. The molecule has 1 aliphatic rings. The van der Waals surface area contributed by atoms with E-state index in [4.69, 9.17) is 0 Å². The lowest BCUT2D eigenvalue weighted by Crippen LogP contribution is -2.42. The Morgan fingerprint density at radius 2 is 1.89 bits per heavy atom. The number of aryl methyl sites for hydroxylation is 1. The maximum absolute atomic E-state index is 4.68. The molecule has 0 saturated carbocycles. The lowest BCUT2D eigenvalue weighted by atomic mass is 9.96. The summed E-state index contributed by atoms with van der Waals surface area (Å²) in [6, 6.07) is 8.61. The van der Waals surface area contributed by atoms with E-state index in [1.807, 2.05) is 11.8 Å². The molecule has 0 bridgehead atoms. The first-order chi connectivity index (χ1) is 8.67. The van der Waals surface area contributed by atoms with Crippen LogP contribution in [0.2, 0.25) is 0 Å². The quantitative estimate of drug-likeness (QED) is 0.893. The van der Waals surface area contributed by atoms with Gasteiger partial charge in [0.1, 0.15) is 0 Å². The maximum Gasteiger partial charge on any atom is 0.157 e. The molecule has 1 aromatic rings. The van der Waals surface area contributed by atoms with Gasteiger partial charge >= 0.3 is 0 Å². The van der Waals surface area contributed by atoms with Gasteiger partial charge in [0.15, 0.2) is 5.17 Å². The van der Waals surface area contributed by atoms with Gasteiger partial charge in [-0.15, -0.1) is 0 Å². The molecule has 1 aromatic carbocycles. The normalized spacial score (nSPS) is 20.1. The molecule has 2 nitrogen and oxygen atoms in total. The molecule has 0 unspecified atom stereocenters. The van der Waals surface area contributed by atoms with Crippen LogP contribution in [0, 0.1) is 6.92 Å². The van der Waals surface area contributed by atoms with Crippen molar-refractivity contribution < 1.29 is 0 Å². The van der Waals surface area contributed by atoms with Gasteiger partial charge in [-0.25, -0.2) is 0 Å². The van der Waals surface area contributed by atoms with Crippen LogP contribution in [0.25, 0.3) is 0 Å².